The monoisotopic (exact) mass is 457 g/mol. The van der Waals surface area contributed by atoms with E-state index in [9.17, 15) is 4.79 Å². The lowest BCUT2D eigenvalue weighted by molar-refractivity contribution is -0.118. The molecule has 0 saturated carbocycles. The summed E-state index contributed by atoms with van der Waals surface area (Å²) in [5.74, 6) is -0.0339. The van der Waals surface area contributed by atoms with Crippen molar-refractivity contribution in [2.45, 2.75) is 65.5 Å². The van der Waals surface area contributed by atoms with Crippen LogP contribution in [0.15, 0.2) is 47.5 Å². The Bertz CT molecular complexity index is 1020. The van der Waals surface area contributed by atoms with E-state index in [4.69, 9.17) is 0 Å². The van der Waals surface area contributed by atoms with E-state index in [0.29, 0.717) is 17.8 Å². The van der Waals surface area contributed by atoms with E-state index in [0.717, 1.165) is 35.8 Å². The molecule has 0 radical (unpaired) electrons. The number of aromatic nitrogens is 1. The summed E-state index contributed by atoms with van der Waals surface area (Å²) in [6, 6.07) is 14.8. The number of halogens is 1. The average molecular weight is 458 g/mol. The van der Waals surface area contributed by atoms with Crippen LogP contribution in [0.2, 0.25) is 0 Å². The molecule has 0 aliphatic carbocycles. The fourth-order valence-electron chi connectivity index (χ4n) is 3.49. The molecule has 156 valence electrons. The highest BCUT2D eigenvalue weighted by atomic mass is 79.9. The van der Waals surface area contributed by atoms with Crippen LogP contribution in [0.3, 0.4) is 0 Å². The molecule has 3 aromatic rings. The predicted octanol–water partition coefficient (Wildman–Crippen LogP) is 5.79. The van der Waals surface area contributed by atoms with Crippen LogP contribution in [0.4, 0.5) is 0 Å². The molecule has 0 unspecified atom stereocenters. The summed E-state index contributed by atoms with van der Waals surface area (Å²) < 4.78 is 0. The van der Waals surface area contributed by atoms with Crippen LogP contribution in [0.1, 0.15) is 58.4 Å². The van der Waals surface area contributed by atoms with Crippen molar-refractivity contribution in [1.82, 2.24) is 10.3 Å². The first-order valence-electron chi connectivity index (χ1n) is 10.4. The van der Waals surface area contributed by atoms with Crippen LogP contribution in [0, 0.1) is 0 Å². The molecule has 0 bridgehead atoms. The minimum atomic E-state index is -0.0339. The Morgan fingerprint density at radius 1 is 1.07 bits per heavy atom. The van der Waals surface area contributed by atoms with E-state index < -0.39 is 0 Å². The van der Waals surface area contributed by atoms with Gasteiger partial charge in [0.05, 0.1) is 10.9 Å². The summed E-state index contributed by atoms with van der Waals surface area (Å²) in [5.41, 5.74) is 3.40. The maximum absolute atomic E-state index is 12.2. The number of nitrogens with zero attached hydrogens (tertiary/aromatic N) is 1. The number of benzene rings is 1. The van der Waals surface area contributed by atoms with Gasteiger partial charge in [-0.05, 0) is 24.1 Å². The van der Waals surface area contributed by atoms with Gasteiger partial charge in [0.2, 0.25) is 5.91 Å². The molecule has 4 nitrogen and oxygen atoms in total. The zero-order valence-electron chi connectivity index (χ0n) is 17.6. The fourth-order valence-corrected chi connectivity index (χ4v) is 3.49. The minimum Gasteiger partial charge on any atom is -0.354 e. The van der Waals surface area contributed by atoms with Crippen molar-refractivity contribution < 1.29 is 4.79 Å². The zero-order chi connectivity index (χ0) is 19.9. The van der Waals surface area contributed by atoms with Gasteiger partial charge in [0.15, 0.2) is 0 Å². The Morgan fingerprint density at radius 2 is 1.83 bits per heavy atom. The van der Waals surface area contributed by atoms with Gasteiger partial charge in [0, 0.05) is 35.3 Å². The number of fused-ring (bicyclic) bond motifs is 3. The third-order valence-corrected chi connectivity index (χ3v) is 5.01. The standard InChI is InChI=1S/C24H31N3O.BrH/c1-4-5-6-7-14-23(28)26-19-11-9-12-20-21-13-8-10-18(16-25-17(2)3)24(21)27-22(20)15-19;/h8-13,15,17,25,27H,4-7,14,16H2,1-3H3;1H. The van der Waals surface area contributed by atoms with Crippen molar-refractivity contribution in [1.29, 1.82) is 0 Å². The highest BCUT2D eigenvalue weighted by Gasteiger charge is 2.08. The summed E-state index contributed by atoms with van der Waals surface area (Å²) in [4.78, 5) is 20.1. The summed E-state index contributed by atoms with van der Waals surface area (Å²) in [7, 11) is 0. The number of carbonyl (C=O) groups excluding carboxylic acids is 1. The summed E-state index contributed by atoms with van der Waals surface area (Å²) in [6.07, 6.45) is 4.90. The highest BCUT2D eigenvalue weighted by Crippen LogP contribution is 2.26. The van der Waals surface area contributed by atoms with Crippen LogP contribution < -0.4 is 10.7 Å². The Kier molecular flexibility index (Phi) is 9.05. The number of hydrogen-bond donors (Lipinski definition) is 2. The number of hydrogen-bond acceptors (Lipinski definition) is 2. The SMILES string of the molecule is Br.CCCCCCC(=O)N=c1cccc2c(c1)[nH]c1c(CNC(C)C)cccc12. The molecule has 1 heterocycles. The molecule has 0 atom stereocenters. The van der Waals surface area contributed by atoms with E-state index in [2.05, 4.69) is 60.3 Å². The zero-order valence-corrected chi connectivity index (χ0v) is 19.3. The fraction of sp³-hybridized carbons (Fsp3) is 0.417. The minimum absolute atomic E-state index is 0. The molecule has 1 amide bonds. The van der Waals surface area contributed by atoms with Crippen LogP contribution >= 0.6 is 17.0 Å². The number of carbonyl (C=O) groups is 1. The second-order valence-electron chi connectivity index (χ2n) is 7.74. The number of unbranched alkanes of at least 4 members (excludes halogenated alkanes) is 3. The number of rotatable bonds is 8. The molecule has 1 aromatic heterocycles. The molecule has 0 aliphatic rings. The lowest BCUT2D eigenvalue weighted by Crippen LogP contribution is -2.21. The molecule has 5 heteroatoms. The molecular formula is C24H32BrN3O. The lowest BCUT2D eigenvalue weighted by Gasteiger charge is -2.08. The van der Waals surface area contributed by atoms with Gasteiger partial charge in [-0.2, -0.15) is 0 Å². The van der Waals surface area contributed by atoms with E-state index >= 15 is 0 Å². The average Bonchev–Trinajstić information content (AvgIpc) is 2.89. The smallest absolute Gasteiger partial charge is 0.246 e. The van der Waals surface area contributed by atoms with Gasteiger partial charge in [-0.1, -0.05) is 70.4 Å². The first-order chi connectivity index (χ1) is 13.6. The Labute approximate surface area is 183 Å². The predicted molar refractivity (Wildman–Crippen MR) is 127 cm³/mol. The second-order valence-corrected chi connectivity index (χ2v) is 7.74. The van der Waals surface area contributed by atoms with Gasteiger partial charge in [0.25, 0.3) is 0 Å². The van der Waals surface area contributed by atoms with E-state index in [-0.39, 0.29) is 22.9 Å². The van der Waals surface area contributed by atoms with E-state index in [1.165, 1.54) is 23.8 Å². The maximum atomic E-state index is 12.2. The topological polar surface area (TPSA) is 57.2 Å². The van der Waals surface area contributed by atoms with Gasteiger partial charge >= 0.3 is 0 Å². The van der Waals surface area contributed by atoms with Gasteiger partial charge in [-0.25, -0.2) is 4.99 Å². The van der Waals surface area contributed by atoms with Crippen LogP contribution in [0.25, 0.3) is 21.8 Å². The number of amides is 1. The Morgan fingerprint density at radius 3 is 2.59 bits per heavy atom. The molecule has 29 heavy (non-hydrogen) atoms. The lowest BCUT2D eigenvalue weighted by atomic mass is 10.1. The first-order valence-corrected chi connectivity index (χ1v) is 10.4. The number of H-pyrrole nitrogens is 1. The molecule has 0 fully saturated rings. The molecule has 0 spiro atoms. The number of para-hydroxylation sites is 1. The highest BCUT2D eigenvalue weighted by molar-refractivity contribution is 8.93. The summed E-state index contributed by atoms with van der Waals surface area (Å²) in [6.45, 7) is 7.30. The van der Waals surface area contributed by atoms with Gasteiger partial charge < -0.3 is 10.3 Å². The van der Waals surface area contributed by atoms with E-state index in [1.54, 1.807) is 0 Å². The van der Waals surface area contributed by atoms with Crippen molar-refractivity contribution in [3.05, 3.63) is 53.4 Å². The molecule has 0 aliphatic heterocycles. The van der Waals surface area contributed by atoms with Gasteiger partial charge in [-0.3, -0.25) is 4.79 Å². The third kappa shape index (κ3) is 6.25. The summed E-state index contributed by atoms with van der Waals surface area (Å²) >= 11 is 0. The summed E-state index contributed by atoms with van der Waals surface area (Å²) in [5, 5.41) is 6.55. The van der Waals surface area contributed by atoms with Crippen molar-refractivity contribution in [3.63, 3.8) is 0 Å². The number of aromatic amines is 1. The van der Waals surface area contributed by atoms with Gasteiger partial charge in [0.1, 0.15) is 0 Å². The molecule has 3 rings (SSSR count). The van der Waals surface area contributed by atoms with Crippen LogP contribution in [0.5, 0.6) is 0 Å². The normalized spacial score (nSPS) is 11.9. The molecule has 2 aromatic carbocycles. The molecule has 0 saturated heterocycles. The van der Waals surface area contributed by atoms with Crippen LogP contribution in [-0.4, -0.2) is 16.9 Å². The van der Waals surface area contributed by atoms with Crippen molar-refractivity contribution in [2.24, 2.45) is 4.99 Å². The molecular weight excluding hydrogens is 426 g/mol. The van der Waals surface area contributed by atoms with Gasteiger partial charge in [-0.15, -0.1) is 17.0 Å². The van der Waals surface area contributed by atoms with E-state index in [1.807, 2.05) is 18.2 Å². The number of nitrogens with one attached hydrogen (secondary N) is 2. The first kappa shape index (κ1) is 23.3. The quantitative estimate of drug-likeness (QED) is 0.420. The van der Waals surface area contributed by atoms with Crippen LogP contribution in [-0.2, 0) is 11.3 Å². The molecule has 2 N–H and O–H groups in total. The van der Waals surface area contributed by atoms with Crippen molar-refractivity contribution >= 4 is 44.7 Å². The largest absolute Gasteiger partial charge is 0.354 e. The maximum Gasteiger partial charge on any atom is 0.246 e. The third-order valence-electron chi connectivity index (χ3n) is 5.01. The Balaban J connectivity index is 0.00000300. The Hall–Kier alpha value is -1.98. The van der Waals surface area contributed by atoms with Crippen molar-refractivity contribution in [2.75, 3.05) is 0 Å². The van der Waals surface area contributed by atoms with Crippen molar-refractivity contribution in [3.8, 4) is 0 Å². The second kappa shape index (κ2) is 11.3.